The largest absolute Gasteiger partial charge is 0.494 e. The fourth-order valence-electron chi connectivity index (χ4n) is 1.89. The molecule has 0 bridgehead atoms. The van der Waals surface area contributed by atoms with Gasteiger partial charge in [-0.25, -0.2) is 0 Å². The van der Waals surface area contributed by atoms with E-state index in [9.17, 15) is 0 Å². The summed E-state index contributed by atoms with van der Waals surface area (Å²) in [5, 5.41) is 4.88. The van der Waals surface area contributed by atoms with Crippen LogP contribution in [0.3, 0.4) is 0 Å². The highest BCUT2D eigenvalue weighted by Crippen LogP contribution is 2.24. The lowest BCUT2D eigenvalue weighted by Crippen LogP contribution is -1.99. The second-order valence-electron chi connectivity index (χ2n) is 4.45. The molecule has 0 aromatic heterocycles. The van der Waals surface area contributed by atoms with Gasteiger partial charge in [0.05, 0.1) is 25.1 Å². The maximum Gasteiger partial charge on any atom is 0.131 e. The van der Waals surface area contributed by atoms with Crippen LogP contribution in [0.1, 0.15) is 19.4 Å². The van der Waals surface area contributed by atoms with Crippen LogP contribution in [-0.2, 0) is 0 Å². The van der Waals surface area contributed by atoms with E-state index in [1.807, 2.05) is 50.2 Å². The normalized spacial score (nSPS) is 10.7. The zero-order chi connectivity index (χ0) is 15.8. The highest BCUT2D eigenvalue weighted by molar-refractivity contribution is 6.30. The topological polar surface area (TPSA) is 42.8 Å². The van der Waals surface area contributed by atoms with E-state index in [2.05, 4.69) is 10.5 Å². The van der Waals surface area contributed by atoms with Crippen molar-refractivity contribution in [2.24, 2.45) is 5.10 Å². The van der Waals surface area contributed by atoms with Crippen LogP contribution in [0.2, 0.25) is 5.02 Å². The van der Waals surface area contributed by atoms with Crippen molar-refractivity contribution in [1.29, 1.82) is 0 Å². The van der Waals surface area contributed by atoms with Crippen molar-refractivity contribution in [3.05, 3.63) is 53.1 Å². The van der Waals surface area contributed by atoms with E-state index < -0.39 is 0 Å². The van der Waals surface area contributed by atoms with Crippen LogP contribution in [-0.4, -0.2) is 19.4 Å². The van der Waals surface area contributed by atoms with Crippen LogP contribution >= 0.6 is 11.6 Å². The Bertz CT molecular complexity index is 644. The Morgan fingerprint density at radius 1 is 1.09 bits per heavy atom. The summed E-state index contributed by atoms with van der Waals surface area (Å²) in [6.07, 6.45) is 1.71. The molecule has 116 valence electrons. The highest BCUT2D eigenvalue weighted by Gasteiger charge is 2.04. The molecule has 0 radical (unpaired) electrons. The van der Waals surface area contributed by atoms with Gasteiger partial charge in [-0.05, 0) is 44.2 Å². The first kappa shape index (κ1) is 16.2. The maximum atomic E-state index is 5.93. The third kappa shape index (κ3) is 4.67. The van der Waals surface area contributed by atoms with Crippen LogP contribution in [0.25, 0.3) is 0 Å². The molecule has 0 saturated heterocycles. The number of nitrogens with one attached hydrogen (secondary N) is 1. The molecule has 4 nitrogen and oxygen atoms in total. The van der Waals surface area contributed by atoms with Crippen molar-refractivity contribution in [2.75, 3.05) is 18.6 Å². The number of hydrazone groups is 1. The van der Waals surface area contributed by atoms with Crippen LogP contribution in [0.5, 0.6) is 11.5 Å². The van der Waals surface area contributed by atoms with Crippen molar-refractivity contribution in [2.45, 2.75) is 13.8 Å². The van der Waals surface area contributed by atoms with E-state index in [-0.39, 0.29) is 0 Å². The molecule has 22 heavy (non-hydrogen) atoms. The monoisotopic (exact) mass is 318 g/mol. The van der Waals surface area contributed by atoms with Crippen LogP contribution in [0, 0.1) is 0 Å². The van der Waals surface area contributed by atoms with Gasteiger partial charge < -0.3 is 9.47 Å². The fourth-order valence-corrected chi connectivity index (χ4v) is 2.08. The zero-order valence-electron chi connectivity index (χ0n) is 12.7. The van der Waals surface area contributed by atoms with E-state index in [0.29, 0.717) is 18.2 Å². The first-order valence-electron chi connectivity index (χ1n) is 7.17. The van der Waals surface area contributed by atoms with Gasteiger partial charge in [-0.1, -0.05) is 17.7 Å². The Morgan fingerprint density at radius 2 is 1.91 bits per heavy atom. The van der Waals surface area contributed by atoms with Gasteiger partial charge >= 0.3 is 0 Å². The summed E-state index contributed by atoms with van der Waals surface area (Å²) in [6.45, 7) is 5.09. The molecule has 0 unspecified atom stereocenters. The standard InChI is InChI=1S/C17H19ClN2O2/c1-3-21-16-9-8-13(17(11-16)22-4-2)12-19-20-15-7-5-6-14(18)10-15/h5-12,20H,3-4H2,1-2H3. The second-order valence-corrected chi connectivity index (χ2v) is 4.88. The summed E-state index contributed by atoms with van der Waals surface area (Å²) in [6, 6.07) is 13.1. The molecule has 2 aromatic carbocycles. The molecule has 0 heterocycles. The molecule has 0 atom stereocenters. The zero-order valence-corrected chi connectivity index (χ0v) is 13.4. The summed E-state index contributed by atoms with van der Waals surface area (Å²) in [7, 11) is 0. The lowest BCUT2D eigenvalue weighted by molar-refractivity contribution is 0.323. The summed E-state index contributed by atoms with van der Waals surface area (Å²) >= 11 is 5.93. The number of halogens is 1. The van der Waals surface area contributed by atoms with E-state index in [1.54, 1.807) is 12.3 Å². The molecule has 0 saturated carbocycles. The highest BCUT2D eigenvalue weighted by atomic mass is 35.5. The molecule has 0 aliphatic heterocycles. The molecule has 0 aliphatic rings. The third-order valence-electron chi connectivity index (χ3n) is 2.82. The average molecular weight is 319 g/mol. The molecule has 0 amide bonds. The molecule has 5 heteroatoms. The lowest BCUT2D eigenvalue weighted by Gasteiger charge is -2.10. The first-order valence-corrected chi connectivity index (χ1v) is 7.55. The quantitative estimate of drug-likeness (QED) is 0.600. The van der Waals surface area contributed by atoms with Gasteiger partial charge in [0.25, 0.3) is 0 Å². The number of nitrogens with zero attached hydrogens (tertiary/aromatic N) is 1. The maximum absolute atomic E-state index is 5.93. The van der Waals surface area contributed by atoms with Crippen LogP contribution < -0.4 is 14.9 Å². The Balaban J connectivity index is 2.11. The van der Waals surface area contributed by atoms with Crippen molar-refractivity contribution in [1.82, 2.24) is 0 Å². The van der Waals surface area contributed by atoms with E-state index in [0.717, 1.165) is 22.7 Å². The second kappa shape index (κ2) is 8.29. The fraction of sp³-hybridized carbons (Fsp3) is 0.235. The van der Waals surface area contributed by atoms with Crippen molar-refractivity contribution >= 4 is 23.5 Å². The molecule has 0 aliphatic carbocycles. The number of hydrogen-bond donors (Lipinski definition) is 1. The van der Waals surface area contributed by atoms with Gasteiger partial charge in [0.2, 0.25) is 0 Å². The molecule has 2 aromatic rings. The number of hydrogen-bond acceptors (Lipinski definition) is 4. The van der Waals surface area contributed by atoms with E-state index in [1.165, 1.54) is 0 Å². The molecule has 2 rings (SSSR count). The van der Waals surface area contributed by atoms with E-state index >= 15 is 0 Å². The smallest absolute Gasteiger partial charge is 0.131 e. The molecule has 1 N–H and O–H groups in total. The predicted molar refractivity (Wildman–Crippen MR) is 91.4 cm³/mol. The minimum absolute atomic E-state index is 0.581. The van der Waals surface area contributed by atoms with Crippen LogP contribution in [0.15, 0.2) is 47.6 Å². The molecular formula is C17H19ClN2O2. The van der Waals surface area contributed by atoms with Crippen molar-refractivity contribution in [3.8, 4) is 11.5 Å². The van der Waals surface area contributed by atoms with Crippen LogP contribution in [0.4, 0.5) is 5.69 Å². The minimum atomic E-state index is 0.581. The van der Waals surface area contributed by atoms with Gasteiger partial charge in [-0.3, -0.25) is 5.43 Å². The lowest BCUT2D eigenvalue weighted by atomic mass is 10.2. The van der Waals surface area contributed by atoms with Gasteiger partial charge in [0, 0.05) is 16.7 Å². The summed E-state index contributed by atoms with van der Waals surface area (Å²) in [5.41, 5.74) is 4.64. The number of benzene rings is 2. The van der Waals surface area contributed by atoms with E-state index in [4.69, 9.17) is 21.1 Å². The van der Waals surface area contributed by atoms with Gasteiger partial charge in [0.15, 0.2) is 0 Å². The van der Waals surface area contributed by atoms with Crippen molar-refractivity contribution < 1.29 is 9.47 Å². The van der Waals surface area contributed by atoms with Gasteiger partial charge in [-0.2, -0.15) is 5.10 Å². The first-order chi connectivity index (χ1) is 10.7. The summed E-state index contributed by atoms with van der Waals surface area (Å²) in [4.78, 5) is 0. The molecular weight excluding hydrogens is 300 g/mol. The third-order valence-corrected chi connectivity index (χ3v) is 3.05. The van der Waals surface area contributed by atoms with Gasteiger partial charge in [0.1, 0.15) is 11.5 Å². The number of rotatable bonds is 7. The Morgan fingerprint density at radius 3 is 2.64 bits per heavy atom. The SMILES string of the molecule is CCOc1ccc(C=NNc2cccc(Cl)c2)c(OCC)c1. The Labute approximate surface area is 135 Å². The van der Waals surface area contributed by atoms with Crippen molar-refractivity contribution in [3.63, 3.8) is 0 Å². The molecule has 0 spiro atoms. The average Bonchev–Trinajstić information content (AvgIpc) is 2.50. The Hall–Kier alpha value is -2.20. The minimum Gasteiger partial charge on any atom is -0.494 e. The number of ether oxygens (including phenoxy) is 2. The molecule has 0 fully saturated rings. The predicted octanol–water partition coefficient (Wildman–Crippen LogP) is 4.58. The summed E-state index contributed by atoms with van der Waals surface area (Å²) < 4.78 is 11.1. The Kier molecular flexibility index (Phi) is 6.10. The van der Waals surface area contributed by atoms with Gasteiger partial charge in [-0.15, -0.1) is 0 Å². The summed E-state index contributed by atoms with van der Waals surface area (Å²) in [5.74, 6) is 1.52. The number of anilines is 1.